The lowest BCUT2D eigenvalue weighted by Crippen LogP contribution is -2.23. The third kappa shape index (κ3) is 3.59. The molecule has 3 heteroatoms. The Balaban J connectivity index is 2.35. The summed E-state index contributed by atoms with van der Waals surface area (Å²) in [5, 5.41) is 4.38. The monoisotopic (exact) mass is 288 g/mol. The summed E-state index contributed by atoms with van der Waals surface area (Å²) in [5.41, 5.74) is 4.49. The standard InChI is InChI=1S/C17H21ClN2/c1-4-9-19-17(15-8-6-13(3)20-11-15)14-7-5-12(2)16(18)10-14/h5-8,10-11,17,19H,4,9H2,1-3H3. The van der Waals surface area contributed by atoms with Crippen molar-refractivity contribution in [1.29, 1.82) is 0 Å². The molecule has 0 aliphatic rings. The summed E-state index contributed by atoms with van der Waals surface area (Å²) in [6, 6.07) is 10.6. The van der Waals surface area contributed by atoms with Crippen molar-refractivity contribution in [1.82, 2.24) is 10.3 Å². The molecular weight excluding hydrogens is 268 g/mol. The van der Waals surface area contributed by atoms with Crippen molar-refractivity contribution in [3.8, 4) is 0 Å². The van der Waals surface area contributed by atoms with Gasteiger partial charge in [-0.05, 0) is 55.6 Å². The van der Waals surface area contributed by atoms with E-state index in [1.807, 2.05) is 32.2 Å². The van der Waals surface area contributed by atoms with Crippen molar-refractivity contribution in [2.45, 2.75) is 33.2 Å². The van der Waals surface area contributed by atoms with E-state index >= 15 is 0 Å². The zero-order valence-electron chi connectivity index (χ0n) is 12.3. The van der Waals surface area contributed by atoms with Crippen molar-refractivity contribution < 1.29 is 0 Å². The van der Waals surface area contributed by atoms with Crippen LogP contribution in [0.1, 0.15) is 41.8 Å². The molecule has 0 saturated carbocycles. The van der Waals surface area contributed by atoms with Gasteiger partial charge in [-0.2, -0.15) is 0 Å². The van der Waals surface area contributed by atoms with Crippen LogP contribution in [0.2, 0.25) is 5.02 Å². The van der Waals surface area contributed by atoms with E-state index in [0.29, 0.717) is 0 Å². The molecule has 2 nitrogen and oxygen atoms in total. The molecule has 0 aliphatic heterocycles. The quantitative estimate of drug-likeness (QED) is 0.880. The van der Waals surface area contributed by atoms with Crippen molar-refractivity contribution in [2.75, 3.05) is 6.54 Å². The Kier molecular flexibility index (Phi) is 5.16. The van der Waals surface area contributed by atoms with Gasteiger partial charge in [0.25, 0.3) is 0 Å². The second-order valence-corrected chi connectivity index (χ2v) is 5.54. The molecule has 0 radical (unpaired) electrons. The molecule has 1 unspecified atom stereocenters. The molecule has 20 heavy (non-hydrogen) atoms. The molecule has 1 N–H and O–H groups in total. The second-order valence-electron chi connectivity index (χ2n) is 5.13. The van der Waals surface area contributed by atoms with E-state index < -0.39 is 0 Å². The first-order chi connectivity index (χ1) is 9.61. The molecule has 0 spiro atoms. The van der Waals surface area contributed by atoms with E-state index in [1.165, 1.54) is 11.1 Å². The Morgan fingerprint density at radius 1 is 1.15 bits per heavy atom. The average molecular weight is 289 g/mol. The highest BCUT2D eigenvalue weighted by molar-refractivity contribution is 6.31. The van der Waals surface area contributed by atoms with Crippen LogP contribution in [0.25, 0.3) is 0 Å². The number of hydrogen-bond acceptors (Lipinski definition) is 2. The summed E-state index contributed by atoms with van der Waals surface area (Å²) in [6.07, 6.45) is 3.03. The predicted octanol–water partition coefficient (Wildman–Crippen LogP) is 4.44. The molecule has 0 saturated heterocycles. The van der Waals surface area contributed by atoms with Crippen LogP contribution in [0, 0.1) is 13.8 Å². The van der Waals surface area contributed by atoms with Crippen molar-refractivity contribution >= 4 is 11.6 Å². The summed E-state index contributed by atoms with van der Waals surface area (Å²) in [6.45, 7) is 7.15. The number of pyridine rings is 1. The van der Waals surface area contributed by atoms with Gasteiger partial charge in [-0.1, -0.05) is 36.7 Å². The summed E-state index contributed by atoms with van der Waals surface area (Å²) in [7, 11) is 0. The fraction of sp³-hybridized carbons (Fsp3) is 0.353. The number of nitrogens with zero attached hydrogens (tertiary/aromatic N) is 1. The summed E-state index contributed by atoms with van der Waals surface area (Å²) < 4.78 is 0. The van der Waals surface area contributed by atoms with Gasteiger partial charge in [-0.15, -0.1) is 0 Å². The number of rotatable bonds is 5. The van der Waals surface area contributed by atoms with Crippen LogP contribution in [-0.2, 0) is 0 Å². The third-order valence-electron chi connectivity index (χ3n) is 3.40. The zero-order chi connectivity index (χ0) is 14.5. The lowest BCUT2D eigenvalue weighted by molar-refractivity contribution is 0.596. The summed E-state index contributed by atoms with van der Waals surface area (Å²) in [4.78, 5) is 4.40. The number of aromatic nitrogens is 1. The van der Waals surface area contributed by atoms with Gasteiger partial charge in [-0.3, -0.25) is 4.98 Å². The van der Waals surface area contributed by atoms with Gasteiger partial charge in [0.1, 0.15) is 0 Å². The lowest BCUT2D eigenvalue weighted by atomic mass is 9.98. The van der Waals surface area contributed by atoms with Gasteiger partial charge in [0.05, 0.1) is 6.04 Å². The summed E-state index contributed by atoms with van der Waals surface area (Å²) in [5.74, 6) is 0. The normalized spacial score (nSPS) is 12.4. The largest absolute Gasteiger partial charge is 0.306 e. The smallest absolute Gasteiger partial charge is 0.0592 e. The Hall–Kier alpha value is -1.38. The van der Waals surface area contributed by atoms with Gasteiger partial charge in [-0.25, -0.2) is 0 Å². The zero-order valence-corrected chi connectivity index (χ0v) is 13.0. The van der Waals surface area contributed by atoms with Crippen molar-refractivity contribution in [3.63, 3.8) is 0 Å². The Bertz CT molecular complexity index is 564. The van der Waals surface area contributed by atoms with E-state index in [1.54, 1.807) is 0 Å². The molecule has 106 valence electrons. The Labute approximate surface area is 126 Å². The molecule has 1 heterocycles. The molecule has 0 bridgehead atoms. The van der Waals surface area contributed by atoms with Crippen LogP contribution in [0.15, 0.2) is 36.5 Å². The highest BCUT2D eigenvalue weighted by atomic mass is 35.5. The maximum atomic E-state index is 6.26. The van der Waals surface area contributed by atoms with Gasteiger partial charge >= 0.3 is 0 Å². The number of benzene rings is 1. The van der Waals surface area contributed by atoms with Crippen LogP contribution in [0.3, 0.4) is 0 Å². The van der Waals surface area contributed by atoms with Crippen LogP contribution < -0.4 is 5.32 Å². The molecule has 2 aromatic rings. The minimum Gasteiger partial charge on any atom is -0.306 e. The highest BCUT2D eigenvalue weighted by Gasteiger charge is 2.14. The number of nitrogens with one attached hydrogen (secondary N) is 1. The van der Waals surface area contributed by atoms with Gasteiger partial charge in [0, 0.05) is 16.9 Å². The van der Waals surface area contributed by atoms with E-state index in [9.17, 15) is 0 Å². The molecular formula is C17H21ClN2. The number of aryl methyl sites for hydroxylation is 2. The van der Waals surface area contributed by atoms with Crippen molar-refractivity contribution in [3.05, 3.63) is 63.9 Å². The first kappa shape index (κ1) is 15.0. The first-order valence-electron chi connectivity index (χ1n) is 7.03. The third-order valence-corrected chi connectivity index (χ3v) is 3.80. The maximum Gasteiger partial charge on any atom is 0.0592 e. The predicted molar refractivity (Wildman–Crippen MR) is 85.3 cm³/mol. The molecule has 0 amide bonds. The van der Waals surface area contributed by atoms with E-state index in [2.05, 4.69) is 35.4 Å². The maximum absolute atomic E-state index is 6.26. The second kappa shape index (κ2) is 6.87. The molecule has 1 aromatic heterocycles. The molecule has 0 fully saturated rings. The van der Waals surface area contributed by atoms with E-state index in [0.717, 1.165) is 29.2 Å². The summed E-state index contributed by atoms with van der Waals surface area (Å²) >= 11 is 6.26. The van der Waals surface area contributed by atoms with Gasteiger partial charge in [0.15, 0.2) is 0 Å². The Morgan fingerprint density at radius 3 is 2.50 bits per heavy atom. The minimum absolute atomic E-state index is 0.140. The van der Waals surface area contributed by atoms with Gasteiger partial charge in [0.2, 0.25) is 0 Å². The van der Waals surface area contributed by atoms with Gasteiger partial charge < -0.3 is 5.32 Å². The Morgan fingerprint density at radius 2 is 1.90 bits per heavy atom. The SMILES string of the molecule is CCCNC(c1ccc(C)nc1)c1ccc(C)c(Cl)c1. The van der Waals surface area contributed by atoms with E-state index in [4.69, 9.17) is 11.6 Å². The van der Waals surface area contributed by atoms with Crippen LogP contribution in [0.5, 0.6) is 0 Å². The molecule has 2 rings (SSSR count). The van der Waals surface area contributed by atoms with Crippen LogP contribution >= 0.6 is 11.6 Å². The molecule has 1 atom stereocenters. The first-order valence-corrected chi connectivity index (χ1v) is 7.41. The molecule has 1 aromatic carbocycles. The number of hydrogen-bond donors (Lipinski definition) is 1. The van der Waals surface area contributed by atoms with Crippen LogP contribution in [-0.4, -0.2) is 11.5 Å². The highest BCUT2D eigenvalue weighted by Crippen LogP contribution is 2.26. The molecule has 0 aliphatic carbocycles. The minimum atomic E-state index is 0.140. The fourth-order valence-corrected chi connectivity index (χ4v) is 2.34. The van der Waals surface area contributed by atoms with Crippen molar-refractivity contribution in [2.24, 2.45) is 0 Å². The topological polar surface area (TPSA) is 24.9 Å². The average Bonchev–Trinajstić information content (AvgIpc) is 2.45. The van der Waals surface area contributed by atoms with E-state index in [-0.39, 0.29) is 6.04 Å². The fourth-order valence-electron chi connectivity index (χ4n) is 2.16. The number of halogens is 1. The van der Waals surface area contributed by atoms with Crippen LogP contribution in [0.4, 0.5) is 0 Å². The lowest BCUT2D eigenvalue weighted by Gasteiger charge is -2.20.